The van der Waals surface area contributed by atoms with Crippen molar-refractivity contribution in [3.63, 3.8) is 0 Å². The topological polar surface area (TPSA) is 21.3 Å². The molecule has 1 aliphatic carbocycles. The van der Waals surface area contributed by atoms with Gasteiger partial charge in [-0.2, -0.15) is 0 Å². The van der Waals surface area contributed by atoms with Crippen LogP contribution in [0.3, 0.4) is 0 Å². The third-order valence-electron chi connectivity index (χ3n) is 3.21. The molecule has 0 heterocycles. The lowest BCUT2D eigenvalue weighted by Gasteiger charge is -2.33. The standard InChI is InChI=1S/C13H18BrNO/c1-9-5-11(6-9)15-8-10-7-12(16-2)3-4-13(10)14/h3-4,7,9,11,15H,5-6,8H2,1-2H3. The Balaban J connectivity index is 1.92. The highest BCUT2D eigenvalue weighted by Gasteiger charge is 2.24. The van der Waals surface area contributed by atoms with Gasteiger partial charge in [-0.25, -0.2) is 0 Å². The van der Waals surface area contributed by atoms with E-state index >= 15 is 0 Å². The molecule has 1 aromatic carbocycles. The molecule has 3 heteroatoms. The van der Waals surface area contributed by atoms with Crippen LogP contribution in [0.25, 0.3) is 0 Å². The number of rotatable bonds is 4. The minimum Gasteiger partial charge on any atom is -0.497 e. The number of ether oxygens (including phenoxy) is 1. The van der Waals surface area contributed by atoms with Crippen LogP contribution in [0.2, 0.25) is 0 Å². The summed E-state index contributed by atoms with van der Waals surface area (Å²) in [6.45, 7) is 3.22. The van der Waals surface area contributed by atoms with Gasteiger partial charge in [0.1, 0.15) is 5.75 Å². The summed E-state index contributed by atoms with van der Waals surface area (Å²) in [7, 11) is 1.70. The van der Waals surface area contributed by atoms with Crippen LogP contribution in [-0.4, -0.2) is 13.2 Å². The monoisotopic (exact) mass is 283 g/mol. The largest absolute Gasteiger partial charge is 0.497 e. The van der Waals surface area contributed by atoms with Gasteiger partial charge in [-0.05, 0) is 42.5 Å². The lowest BCUT2D eigenvalue weighted by molar-refractivity contribution is 0.240. The zero-order valence-corrected chi connectivity index (χ0v) is 11.4. The first kappa shape index (κ1) is 11.9. The van der Waals surface area contributed by atoms with Gasteiger partial charge in [0, 0.05) is 17.1 Å². The van der Waals surface area contributed by atoms with Crippen LogP contribution in [0.4, 0.5) is 0 Å². The summed E-state index contributed by atoms with van der Waals surface area (Å²) in [5, 5.41) is 3.57. The van der Waals surface area contributed by atoms with Crippen LogP contribution in [-0.2, 0) is 6.54 Å². The van der Waals surface area contributed by atoms with Gasteiger partial charge < -0.3 is 10.1 Å². The third kappa shape index (κ3) is 2.77. The molecular formula is C13H18BrNO. The van der Waals surface area contributed by atoms with Gasteiger partial charge in [0.25, 0.3) is 0 Å². The molecule has 0 aliphatic heterocycles. The SMILES string of the molecule is COc1ccc(Br)c(CNC2CC(C)C2)c1. The summed E-state index contributed by atoms with van der Waals surface area (Å²) in [5.41, 5.74) is 1.26. The minimum absolute atomic E-state index is 0.702. The van der Waals surface area contributed by atoms with Crippen molar-refractivity contribution in [1.82, 2.24) is 5.32 Å². The van der Waals surface area contributed by atoms with Crippen LogP contribution < -0.4 is 10.1 Å². The summed E-state index contributed by atoms with van der Waals surface area (Å²) >= 11 is 3.57. The molecule has 1 aromatic rings. The van der Waals surface area contributed by atoms with E-state index in [9.17, 15) is 0 Å². The highest BCUT2D eigenvalue weighted by Crippen LogP contribution is 2.28. The third-order valence-corrected chi connectivity index (χ3v) is 3.98. The smallest absolute Gasteiger partial charge is 0.119 e. The van der Waals surface area contributed by atoms with Gasteiger partial charge >= 0.3 is 0 Å². The average molecular weight is 284 g/mol. The summed E-state index contributed by atoms with van der Waals surface area (Å²) in [6.07, 6.45) is 2.61. The zero-order valence-electron chi connectivity index (χ0n) is 9.79. The number of methoxy groups -OCH3 is 1. The first-order chi connectivity index (χ1) is 7.69. The number of halogens is 1. The molecule has 1 fully saturated rings. The minimum atomic E-state index is 0.702. The second-order valence-corrected chi connectivity index (χ2v) is 5.47. The summed E-state index contributed by atoms with van der Waals surface area (Å²) in [4.78, 5) is 0. The van der Waals surface area contributed by atoms with Crippen molar-refractivity contribution >= 4 is 15.9 Å². The lowest BCUT2D eigenvalue weighted by atomic mass is 9.82. The Bertz CT molecular complexity index is 361. The van der Waals surface area contributed by atoms with Crippen LogP contribution >= 0.6 is 15.9 Å². The molecule has 2 rings (SSSR count). The fourth-order valence-electron chi connectivity index (χ4n) is 2.14. The van der Waals surface area contributed by atoms with Crippen LogP contribution in [0.1, 0.15) is 25.3 Å². The molecule has 0 saturated heterocycles. The Hall–Kier alpha value is -0.540. The fraction of sp³-hybridized carbons (Fsp3) is 0.538. The maximum absolute atomic E-state index is 5.23. The van der Waals surface area contributed by atoms with Gasteiger partial charge in [-0.1, -0.05) is 22.9 Å². The second-order valence-electron chi connectivity index (χ2n) is 4.61. The lowest BCUT2D eigenvalue weighted by Crippen LogP contribution is -2.39. The Morgan fingerprint density at radius 1 is 1.44 bits per heavy atom. The van der Waals surface area contributed by atoms with E-state index in [0.717, 1.165) is 22.7 Å². The Labute approximate surface area is 106 Å². The Morgan fingerprint density at radius 3 is 2.81 bits per heavy atom. The van der Waals surface area contributed by atoms with E-state index in [2.05, 4.69) is 34.2 Å². The van der Waals surface area contributed by atoms with Gasteiger partial charge in [-0.3, -0.25) is 0 Å². The fourth-order valence-corrected chi connectivity index (χ4v) is 2.52. The number of hydrogen-bond donors (Lipinski definition) is 1. The maximum Gasteiger partial charge on any atom is 0.119 e. The van der Waals surface area contributed by atoms with Crippen LogP contribution in [0.5, 0.6) is 5.75 Å². The van der Waals surface area contributed by atoms with E-state index in [1.54, 1.807) is 7.11 Å². The van der Waals surface area contributed by atoms with Gasteiger partial charge in [-0.15, -0.1) is 0 Å². The molecule has 88 valence electrons. The molecule has 16 heavy (non-hydrogen) atoms. The van der Waals surface area contributed by atoms with E-state index in [-0.39, 0.29) is 0 Å². The molecule has 0 radical (unpaired) electrons. The highest BCUT2D eigenvalue weighted by atomic mass is 79.9. The van der Waals surface area contributed by atoms with E-state index in [4.69, 9.17) is 4.74 Å². The number of nitrogens with one attached hydrogen (secondary N) is 1. The van der Waals surface area contributed by atoms with Gasteiger partial charge in [0.2, 0.25) is 0 Å². The molecule has 1 N–H and O–H groups in total. The predicted octanol–water partition coefficient (Wildman–Crippen LogP) is 3.35. The molecule has 0 atom stereocenters. The van der Waals surface area contributed by atoms with Crippen molar-refractivity contribution in [3.05, 3.63) is 28.2 Å². The van der Waals surface area contributed by atoms with Crippen molar-refractivity contribution in [1.29, 1.82) is 0 Å². The summed E-state index contributed by atoms with van der Waals surface area (Å²) in [6, 6.07) is 6.80. The second kappa shape index (κ2) is 5.19. The van der Waals surface area contributed by atoms with E-state index in [0.29, 0.717) is 6.04 Å². The first-order valence-corrected chi connectivity index (χ1v) is 6.54. The summed E-state index contributed by atoms with van der Waals surface area (Å²) in [5.74, 6) is 1.81. The molecule has 1 aliphatic rings. The average Bonchev–Trinajstić information content (AvgIpc) is 2.25. The maximum atomic E-state index is 5.23. The molecule has 0 bridgehead atoms. The van der Waals surface area contributed by atoms with Crippen molar-refractivity contribution in [3.8, 4) is 5.75 Å². The number of benzene rings is 1. The Morgan fingerprint density at radius 2 is 2.19 bits per heavy atom. The predicted molar refractivity (Wildman–Crippen MR) is 69.7 cm³/mol. The molecule has 2 nitrogen and oxygen atoms in total. The highest BCUT2D eigenvalue weighted by molar-refractivity contribution is 9.10. The number of hydrogen-bond acceptors (Lipinski definition) is 2. The van der Waals surface area contributed by atoms with Crippen molar-refractivity contribution in [2.75, 3.05) is 7.11 Å². The van der Waals surface area contributed by atoms with Crippen molar-refractivity contribution in [2.45, 2.75) is 32.4 Å². The van der Waals surface area contributed by atoms with Crippen molar-refractivity contribution < 1.29 is 4.74 Å². The van der Waals surface area contributed by atoms with Gasteiger partial charge in [0.05, 0.1) is 7.11 Å². The zero-order chi connectivity index (χ0) is 11.5. The normalized spacial score (nSPS) is 23.9. The molecule has 0 amide bonds. The molecule has 0 aromatic heterocycles. The quantitative estimate of drug-likeness (QED) is 0.915. The summed E-state index contributed by atoms with van der Waals surface area (Å²) < 4.78 is 6.37. The van der Waals surface area contributed by atoms with E-state index < -0.39 is 0 Å². The Kier molecular flexibility index (Phi) is 3.87. The molecule has 0 spiro atoms. The van der Waals surface area contributed by atoms with Gasteiger partial charge in [0.15, 0.2) is 0 Å². The molecule has 0 unspecified atom stereocenters. The van der Waals surface area contributed by atoms with E-state index in [1.165, 1.54) is 18.4 Å². The molecule has 1 saturated carbocycles. The van der Waals surface area contributed by atoms with Crippen LogP contribution in [0.15, 0.2) is 22.7 Å². The van der Waals surface area contributed by atoms with E-state index in [1.807, 2.05) is 12.1 Å². The van der Waals surface area contributed by atoms with Crippen LogP contribution in [0, 0.1) is 5.92 Å². The first-order valence-electron chi connectivity index (χ1n) is 5.75. The molecular weight excluding hydrogens is 266 g/mol. The van der Waals surface area contributed by atoms with Crippen molar-refractivity contribution in [2.24, 2.45) is 5.92 Å².